The number of allylic oxidation sites excluding steroid dienone is 1. The molecule has 2 nitrogen and oxygen atoms in total. The van der Waals surface area contributed by atoms with Crippen molar-refractivity contribution in [1.82, 2.24) is 10.9 Å². The highest BCUT2D eigenvalue weighted by atomic mass is 15.3. The fourth-order valence-electron chi connectivity index (χ4n) is 2.14. The molecule has 0 aromatic rings. The quantitative estimate of drug-likeness (QED) is 0.664. The highest BCUT2D eigenvalue weighted by molar-refractivity contribution is 5.05. The van der Waals surface area contributed by atoms with E-state index in [4.69, 9.17) is 0 Å². The third-order valence-corrected chi connectivity index (χ3v) is 3.29. The summed E-state index contributed by atoms with van der Waals surface area (Å²) in [7, 11) is 1.91. The molecule has 1 saturated carbocycles. The summed E-state index contributed by atoms with van der Waals surface area (Å²) in [5, 5.41) is 0. The smallest absolute Gasteiger partial charge is 0.0120 e. The van der Waals surface area contributed by atoms with Gasteiger partial charge in [-0.15, -0.1) is 0 Å². The summed E-state index contributed by atoms with van der Waals surface area (Å²) in [5.41, 5.74) is 7.62. The van der Waals surface area contributed by atoms with Gasteiger partial charge in [0, 0.05) is 13.2 Å². The van der Waals surface area contributed by atoms with Gasteiger partial charge in [-0.25, -0.2) is 5.43 Å². The first kappa shape index (κ1) is 11.6. The lowest BCUT2D eigenvalue weighted by Crippen LogP contribution is -2.23. The van der Waals surface area contributed by atoms with Crippen LogP contribution in [-0.2, 0) is 0 Å². The van der Waals surface area contributed by atoms with Crippen molar-refractivity contribution < 1.29 is 0 Å². The van der Waals surface area contributed by atoms with E-state index in [1.807, 2.05) is 7.05 Å². The van der Waals surface area contributed by atoms with Gasteiger partial charge >= 0.3 is 0 Å². The third kappa shape index (κ3) is 3.70. The second kappa shape index (κ2) is 6.07. The van der Waals surface area contributed by atoms with Crippen LogP contribution < -0.4 is 10.9 Å². The van der Waals surface area contributed by atoms with Gasteiger partial charge in [-0.2, -0.15) is 0 Å². The molecule has 0 heterocycles. The van der Waals surface area contributed by atoms with Crippen LogP contribution in [0.3, 0.4) is 0 Å². The molecule has 1 aliphatic carbocycles. The Kier molecular flexibility index (Phi) is 5.02. The van der Waals surface area contributed by atoms with E-state index in [9.17, 15) is 0 Å². The van der Waals surface area contributed by atoms with E-state index < -0.39 is 0 Å². The van der Waals surface area contributed by atoms with Crippen molar-refractivity contribution in [3.8, 4) is 0 Å². The van der Waals surface area contributed by atoms with Crippen LogP contribution >= 0.6 is 0 Å². The minimum Gasteiger partial charge on any atom is -0.329 e. The Labute approximate surface area is 88.1 Å². The Morgan fingerprint density at radius 1 is 1.21 bits per heavy atom. The predicted octanol–water partition coefficient (Wildman–Crippen LogP) is 2.83. The average molecular weight is 196 g/mol. The number of hydrazine groups is 1. The third-order valence-electron chi connectivity index (χ3n) is 3.29. The Morgan fingerprint density at radius 3 is 2.71 bits per heavy atom. The molecule has 82 valence electrons. The van der Waals surface area contributed by atoms with Crippen LogP contribution in [0.2, 0.25) is 0 Å². The fourth-order valence-corrected chi connectivity index (χ4v) is 2.14. The summed E-state index contributed by atoms with van der Waals surface area (Å²) >= 11 is 0. The standard InChI is InChI=1S/C12H24N2/c1-10-5-4-6-12(9-14-13-3)11(2)8-7-10/h9-11,13-14H,4-8H2,1-3H3/b12-9-. The topological polar surface area (TPSA) is 24.1 Å². The van der Waals surface area contributed by atoms with E-state index >= 15 is 0 Å². The zero-order valence-electron chi connectivity index (χ0n) is 9.77. The zero-order valence-corrected chi connectivity index (χ0v) is 9.77. The summed E-state index contributed by atoms with van der Waals surface area (Å²) in [4.78, 5) is 0. The SMILES string of the molecule is CNN/C=C1/CCCC(C)CCC1C. The van der Waals surface area contributed by atoms with Crippen LogP contribution in [0.5, 0.6) is 0 Å². The van der Waals surface area contributed by atoms with Crippen molar-refractivity contribution in [1.29, 1.82) is 0 Å². The van der Waals surface area contributed by atoms with Gasteiger partial charge < -0.3 is 5.43 Å². The normalized spacial score (nSPS) is 32.4. The van der Waals surface area contributed by atoms with Gasteiger partial charge in [0.05, 0.1) is 0 Å². The highest BCUT2D eigenvalue weighted by Gasteiger charge is 2.14. The van der Waals surface area contributed by atoms with Gasteiger partial charge in [-0.3, -0.25) is 0 Å². The van der Waals surface area contributed by atoms with Crippen molar-refractivity contribution in [2.45, 2.75) is 46.0 Å². The molecule has 0 aliphatic heterocycles. The summed E-state index contributed by atoms with van der Waals surface area (Å²) in [5.74, 6) is 1.68. The molecule has 1 aliphatic rings. The zero-order chi connectivity index (χ0) is 10.4. The second-order valence-electron chi connectivity index (χ2n) is 4.59. The molecule has 0 spiro atoms. The first-order valence-electron chi connectivity index (χ1n) is 5.85. The summed E-state index contributed by atoms with van der Waals surface area (Å²) in [6.45, 7) is 4.73. The van der Waals surface area contributed by atoms with Gasteiger partial charge in [-0.1, -0.05) is 32.3 Å². The largest absolute Gasteiger partial charge is 0.329 e. The summed E-state index contributed by atoms with van der Waals surface area (Å²) in [6.07, 6.45) is 8.89. The van der Waals surface area contributed by atoms with Crippen molar-refractivity contribution in [3.63, 3.8) is 0 Å². The molecule has 2 heteroatoms. The maximum absolute atomic E-state index is 3.10. The van der Waals surface area contributed by atoms with E-state index in [-0.39, 0.29) is 0 Å². The van der Waals surface area contributed by atoms with Crippen LogP contribution in [-0.4, -0.2) is 7.05 Å². The minimum absolute atomic E-state index is 0.749. The summed E-state index contributed by atoms with van der Waals surface area (Å²) in [6, 6.07) is 0. The Balaban J connectivity index is 2.49. The van der Waals surface area contributed by atoms with Gasteiger partial charge in [0.2, 0.25) is 0 Å². The molecule has 0 aromatic carbocycles. The molecule has 1 rings (SSSR count). The average Bonchev–Trinajstić information content (AvgIpc) is 2.17. The lowest BCUT2D eigenvalue weighted by atomic mass is 9.84. The highest BCUT2D eigenvalue weighted by Crippen LogP contribution is 2.29. The first-order chi connectivity index (χ1) is 6.74. The van der Waals surface area contributed by atoms with Gasteiger partial charge in [-0.05, 0) is 31.1 Å². The summed E-state index contributed by atoms with van der Waals surface area (Å²) < 4.78 is 0. The monoisotopic (exact) mass is 196 g/mol. The molecule has 0 saturated heterocycles. The maximum atomic E-state index is 3.10. The van der Waals surface area contributed by atoms with E-state index in [0.29, 0.717) is 0 Å². The number of hydrogen-bond acceptors (Lipinski definition) is 2. The van der Waals surface area contributed by atoms with Crippen molar-refractivity contribution >= 4 is 0 Å². The fraction of sp³-hybridized carbons (Fsp3) is 0.833. The molecule has 2 N–H and O–H groups in total. The van der Waals surface area contributed by atoms with Crippen LogP contribution in [0.25, 0.3) is 0 Å². The van der Waals surface area contributed by atoms with Crippen LogP contribution in [0.15, 0.2) is 11.8 Å². The van der Waals surface area contributed by atoms with E-state index in [1.54, 1.807) is 5.57 Å². The first-order valence-corrected chi connectivity index (χ1v) is 5.85. The number of nitrogens with one attached hydrogen (secondary N) is 2. The Morgan fingerprint density at radius 2 is 2.00 bits per heavy atom. The van der Waals surface area contributed by atoms with Gasteiger partial charge in [0.25, 0.3) is 0 Å². The van der Waals surface area contributed by atoms with E-state index in [2.05, 4.69) is 30.9 Å². The molecule has 14 heavy (non-hydrogen) atoms. The molecule has 0 radical (unpaired) electrons. The molecular formula is C12H24N2. The molecule has 2 unspecified atom stereocenters. The maximum Gasteiger partial charge on any atom is 0.0120 e. The Bertz CT molecular complexity index is 187. The van der Waals surface area contributed by atoms with Crippen molar-refractivity contribution in [2.75, 3.05) is 7.05 Å². The molecular weight excluding hydrogens is 172 g/mol. The second-order valence-corrected chi connectivity index (χ2v) is 4.59. The molecule has 1 fully saturated rings. The van der Waals surface area contributed by atoms with E-state index in [1.165, 1.54) is 32.1 Å². The van der Waals surface area contributed by atoms with Crippen LogP contribution in [0, 0.1) is 11.8 Å². The predicted molar refractivity (Wildman–Crippen MR) is 61.7 cm³/mol. The van der Waals surface area contributed by atoms with Crippen LogP contribution in [0.1, 0.15) is 46.0 Å². The number of rotatable bonds is 2. The van der Waals surface area contributed by atoms with E-state index in [0.717, 1.165) is 11.8 Å². The molecule has 0 aromatic heterocycles. The number of hydrogen-bond donors (Lipinski definition) is 2. The van der Waals surface area contributed by atoms with Crippen molar-refractivity contribution in [2.24, 2.45) is 11.8 Å². The Hall–Kier alpha value is -0.500. The minimum atomic E-state index is 0.749. The molecule has 0 amide bonds. The molecule has 0 bridgehead atoms. The van der Waals surface area contributed by atoms with Crippen LogP contribution in [0.4, 0.5) is 0 Å². The molecule has 2 atom stereocenters. The van der Waals surface area contributed by atoms with Crippen molar-refractivity contribution in [3.05, 3.63) is 11.8 Å². The van der Waals surface area contributed by atoms with Gasteiger partial charge in [0.15, 0.2) is 0 Å². The van der Waals surface area contributed by atoms with Gasteiger partial charge in [0.1, 0.15) is 0 Å². The lowest BCUT2D eigenvalue weighted by molar-refractivity contribution is 0.392. The lowest BCUT2D eigenvalue weighted by Gasteiger charge is -2.23.